The maximum atomic E-state index is 13.6. The first kappa shape index (κ1) is 20.2. The van der Waals surface area contributed by atoms with Crippen molar-refractivity contribution >= 4 is 22.4 Å². The number of aromatic nitrogens is 6. The number of hydrogen-bond donors (Lipinski definition) is 2. The topological polar surface area (TPSA) is 93.4 Å². The lowest BCUT2D eigenvalue weighted by Gasteiger charge is -2.20. The number of nitrogens with zero attached hydrogens (tertiary/aromatic N) is 6. The monoisotopic (exact) mass is 436 g/mol. The van der Waals surface area contributed by atoms with Gasteiger partial charge < -0.3 is 10.6 Å². The molecule has 1 aromatic carbocycles. The smallest absolute Gasteiger partial charge is 0.263 e. The van der Waals surface area contributed by atoms with Crippen LogP contribution in [0.2, 0.25) is 0 Å². The summed E-state index contributed by atoms with van der Waals surface area (Å²) in [5, 5.41) is 15.7. The molecule has 0 spiro atoms. The van der Waals surface area contributed by atoms with Crippen molar-refractivity contribution in [2.24, 2.45) is 0 Å². The van der Waals surface area contributed by atoms with Gasteiger partial charge in [0, 0.05) is 35.6 Å². The third kappa shape index (κ3) is 3.41. The first-order chi connectivity index (χ1) is 15.5. The molecule has 4 aromatic rings. The highest BCUT2D eigenvalue weighted by atomic mass is 19.3. The molecule has 1 aliphatic carbocycles. The van der Waals surface area contributed by atoms with Gasteiger partial charge in [-0.2, -0.15) is 0 Å². The van der Waals surface area contributed by atoms with Gasteiger partial charge in [0.15, 0.2) is 0 Å². The lowest BCUT2D eigenvalue weighted by atomic mass is 10.0. The number of pyridine rings is 1. The number of fused-ring (bicyclic) bond motifs is 1. The van der Waals surface area contributed by atoms with Crippen molar-refractivity contribution in [1.82, 2.24) is 29.9 Å². The van der Waals surface area contributed by atoms with Crippen LogP contribution in [-0.2, 0) is 5.54 Å². The van der Waals surface area contributed by atoms with E-state index in [4.69, 9.17) is 0 Å². The van der Waals surface area contributed by atoms with Gasteiger partial charge in [-0.25, -0.2) is 23.4 Å². The van der Waals surface area contributed by atoms with Crippen LogP contribution in [0, 0.1) is 6.92 Å². The van der Waals surface area contributed by atoms with Crippen molar-refractivity contribution in [3.05, 3.63) is 66.0 Å². The second kappa shape index (κ2) is 7.77. The van der Waals surface area contributed by atoms with Gasteiger partial charge in [-0.15, -0.1) is 5.10 Å². The minimum Gasteiger partial charge on any atom is -0.373 e. The molecule has 3 aromatic heterocycles. The van der Waals surface area contributed by atoms with Crippen LogP contribution in [0.15, 0.2) is 49.1 Å². The van der Waals surface area contributed by atoms with Gasteiger partial charge in [-0.3, -0.25) is 4.98 Å². The van der Waals surface area contributed by atoms with E-state index in [1.807, 2.05) is 37.3 Å². The predicted octanol–water partition coefficient (Wildman–Crippen LogP) is 3.92. The van der Waals surface area contributed by atoms with Crippen LogP contribution < -0.4 is 10.6 Å². The molecular formula is C22H22F2N8. The first-order valence-electron chi connectivity index (χ1n) is 10.3. The fraction of sp³-hybridized carbons (Fsp3) is 0.318. The molecule has 0 saturated heterocycles. The van der Waals surface area contributed by atoms with E-state index in [-0.39, 0.29) is 0 Å². The molecule has 1 aliphatic rings. The Labute approximate surface area is 183 Å². The van der Waals surface area contributed by atoms with Crippen molar-refractivity contribution in [2.45, 2.75) is 37.8 Å². The van der Waals surface area contributed by atoms with E-state index in [0.29, 0.717) is 24.4 Å². The quantitative estimate of drug-likeness (QED) is 0.453. The highest BCUT2D eigenvalue weighted by molar-refractivity contribution is 5.91. The Morgan fingerprint density at radius 2 is 1.97 bits per heavy atom. The Morgan fingerprint density at radius 1 is 1.12 bits per heavy atom. The number of aryl methyl sites for hydroxylation is 1. The SMILES string of the molecule is CNc1ncnc2ccc(N[C@@H](c3cn(C4(C(F)F)CC4)nn3)c3cccnc3C)cc12. The molecule has 1 fully saturated rings. The predicted molar refractivity (Wildman–Crippen MR) is 117 cm³/mol. The van der Waals surface area contributed by atoms with E-state index in [1.54, 1.807) is 19.4 Å². The zero-order valence-electron chi connectivity index (χ0n) is 17.6. The van der Waals surface area contributed by atoms with Gasteiger partial charge in [0.25, 0.3) is 6.43 Å². The van der Waals surface area contributed by atoms with Crippen LogP contribution in [-0.4, -0.2) is 43.4 Å². The molecule has 0 amide bonds. The Bertz CT molecular complexity index is 1270. The molecule has 10 heteroatoms. The number of rotatable bonds is 7. The lowest BCUT2D eigenvalue weighted by molar-refractivity contribution is 0.0593. The molecule has 0 radical (unpaired) electrons. The van der Waals surface area contributed by atoms with Gasteiger partial charge in [-0.05, 0) is 44.0 Å². The van der Waals surface area contributed by atoms with Crippen LogP contribution in [0.4, 0.5) is 20.3 Å². The van der Waals surface area contributed by atoms with Crippen LogP contribution in [0.1, 0.15) is 35.8 Å². The third-order valence-electron chi connectivity index (χ3n) is 5.97. The lowest BCUT2D eigenvalue weighted by Crippen LogP contribution is -2.26. The Hall–Kier alpha value is -3.69. The van der Waals surface area contributed by atoms with Crippen molar-refractivity contribution in [3.8, 4) is 0 Å². The van der Waals surface area contributed by atoms with Crippen LogP contribution in [0.3, 0.4) is 0 Å². The van der Waals surface area contributed by atoms with Gasteiger partial charge >= 0.3 is 0 Å². The summed E-state index contributed by atoms with van der Waals surface area (Å²) in [6, 6.07) is 9.13. The summed E-state index contributed by atoms with van der Waals surface area (Å²) >= 11 is 0. The molecule has 1 saturated carbocycles. The minimum absolute atomic E-state index is 0.398. The summed E-state index contributed by atoms with van der Waals surface area (Å²) in [4.78, 5) is 13.0. The van der Waals surface area contributed by atoms with Crippen LogP contribution in [0.25, 0.3) is 10.9 Å². The van der Waals surface area contributed by atoms with E-state index >= 15 is 0 Å². The number of halogens is 2. The highest BCUT2D eigenvalue weighted by Gasteiger charge is 2.54. The van der Waals surface area contributed by atoms with Gasteiger partial charge in [0.2, 0.25) is 0 Å². The number of anilines is 2. The fourth-order valence-electron chi connectivity index (χ4n) is 3.93. The van der Waals surface area contributed by atoms with Gasteiger partial charge in [0.1, 0.15) is 23.4 Å². The largest absolute Gasteiger partial charge is 0.373 e. The maximum absolute atomic E-state index is 13.6. The second-order valence-corrected chi connectivity index (χ2v) is 7.95. The summed E-state index contributed by atoms with van der Waals surface area (Å²) in [5.41, 5.74) is 2.63. The zero-order valence-corrected chi connectivity index (χ0v) is 17.6. The summed E-state index contributed by atoms with van der Waals surface area (Å²) in [7, 11) is 1.80. The van der Waals surface area contributed by atoms with Crippen molar-refractivity contribution in [1.29, 1.82) is 0 Å². The molecular weight excluding hydrogens is 414 g/mol. The Morgan fingerprint density at radius 3 is 2.69 bits per heavy atom. The molecule has 8 nitrogen and oxygen atoms in total. The molecule has 3 heterocycles. The minimum atomic E-state index is -2.48. The summed E-state index contributed by atoms with van der Waals surface area (Å²) in [5.74, 6) is 0.714. The maximum Gasteiger partial charge on any atom is 0.263 e. The molecule has 0 unspecified atom stereocenters. The number of nitrogens with one attached hydrogen (secondary N) is 2. The average molecular weight is 436 g/mol. The fourth-order valence-corrected chi connectivity index (χ4v) is 3.93. The third-order valence-corrected chi connectivity index (χ3v) is 5.97. The zero-order chi connectivity index (χ0) is 22.3. The van der Waals surface area contributed by atoms with E-state index in [2.05, 4.69) is 35.9 Å². The first-order valence-corrected chi connectivity index (χ1v) is 10.3. The van der Waals surface area contributed by atoms with Gasteiger partial charge in [-0.1, -0.05) is 11.3 Å². The number of benzene rings is 1. The van der Waals surface area contributed by atoms with Crippen LogP contribution >= 0.6 is 0 Å². The molecule has 1 atom stereocenters. The molecule has 0 aliphatic heterocycles. The molecule has 5 rings (SSSR count). The average Bonchev–Trinajstić information content (AvgIpc) is 3.48. The molecule has 164 valence electrons. The van der Waals surface area contributed by atoms with Crippen molar-refractivity contribution < 1.29 is 8.78 Å². The molecule has 32 heavy (non-hydrogen) atoms. The molecule has 2 N–H and O–H groups in total. The van der Waals surface area contributed by atoms with Crippen molar-refractivity contribution in [3.63, 3.8) is 0 Å². The second-order valence-electron chi connectivity index (χ2n) is 7.95. The van der Waals surface area contributed by atoms with E-state index in [1.165, 1.54) is 11.0 Å². The van der Waals surface area contributed by atoms with Gasteiger partial charge in [0.05, 0.1) is 17.8 Å². The number of hydrogen-bond acceptors (Lipinski definition) is 7. The Balaban J connectivity index is 1.56. The normalized spacial score (nSPS) is 15.7. The van der Waals surface area contributed by atoms with Crippen molar-refractivity contribution in [2.75, 3.05) is 17.7 Å². The summed E-state index contributed by atoms with van der Waals surface area (Å²) < 4.78 is 28.5. The summed E-state index contributed by atoms with van der Waals surface area (Å²) in [6.45, 7) is 1.91. The summed E-state index contributed by atoms with van der Waals surface area (Å²) in [6.07, 6.45) is 3.16. The van der Waals surface area contributed by atoms with E-state index < -0.39 is 18.0 Å². The number of alkyl halides is 2. The molecule has 0 bridgehead atoms. The van der Waals surface area contributed by atoms with Crippen LogP contribution in [0.5, 0.6) is 0 Å². The van der Waals surface area contributed by atoms with E-state index in [9.17, 15) is 8.78 Å². The highest BCUT2D eigenvalue weighted by Crippen LogP contribution is 2.48. The standard InChI is InChI=1S/C22H22F2N8/c1-13-15(4-3-9-26-13)19(18-11-32(31-30-18)22(7-8-22)21(23)24)29-14-5-6-17-16(10-14)20(25-2)28-12-27-17/h3-6,9-12,19,21,29H,7-8H2,1-2H3,(H,25,27,28)/t19-/m1/s1. The Kier molecular flexibility index (Phi) is 4.91. The van der Waals surface area contributed by atoms with E-state index in [0.717, 1.165) is 27.8 Å².